The van der Waals surface area contributed by atoms with Crippen molar-refractivity contribution in [2.24, 2.45) is 0 Å². The van der Waals surface area contributed by atoms with E-state index in [0.717, 1.165) is 0 Å². The Kier molecular flexibility index (Phi) is 5.07. The quantitative estimate of drug-likeness (QED) is 0.612. The minimum Gasteiger partial charge on any atom is -0.395 e. The summed E-state index contributed by atoms with van der Waals surface area (Å²) in [5.41, 5.74) is 3.64. The number of hydrogen-bond donors (Lipinski definition) is 3. The molecule has 4 nitrogen and oxygen atoms in total. The van der Waals surface area contributed by atoms with Crippen molar-refractivity contribution in [1.29, 1.82) is 0 Å². The number of halogens is 1. The molecule has 0 fully saturated rings. The molecule has 0 aromatic carbocycles. The zero-order valence-corrected chi connectivity index (χ0v) is 12.6. The second kappa shape index (κ2) is 6.80. The number of H-pyrrole nitrogens is 2. The minimum atomic E-state index is -0.626. The molecule has 0 unspecified atom stereocenters. The molecule has 0 aliphatic rings. The lowest BCUT2D eigenvalue weighted by Gasteiger charge is -2.17. The van der Waals surface area contributed by atoms with Crippen molar-refractivity contribution >= 4 is 36.6 Å². The minimum absolute atomic E-state index is 0. The summed E-state index contributed by atoms with van der Waals surface area (Å²) in [5, 5.41) is 9.18. The average Bonchev–Trinajstić information content (AvgIpc) is 3.14. The number of nitrogens with zero attached hydrogens (tertiary/aromatic N) is 1. The first-order valence-corrected chi connectivity index (χ1v) is 7.57. The molecule has 3 N–H and O–H groups in total. The fraction of sp³-hybridized carbons (Fsp3) is 0.143. The lowest BCUT2D eigenvalue weighted by Crippen LogP contribution is -2.27. The zero-order chi connectivity index (χ0) is 13.1. The molecule has 3 aromatic rings. The summed E-state index contributed by atoms with van der Waals surface area (Å²) in [6.07, 6.45) is 5.92. The maximum absolute atomic E-state index is 9.18. The van der Waals surface area contributed by atoms with Gasteiger partial charge in [-0.25, -0.2) is 0 Å². The smallest absolute Gasteiger partial charge is 0.0610 e. The van der Waals surface area contributed by atoms with Gasteiger partial charge in [0.25, 0.3) is 0 Å². The van der Waals surface area contributed by atoms with E-state index in [2.05, 4.69) is 32.7 Å². The van der Waals surface area contributed by atoms with E-state index in [1.54, 1.807) is 0 Å². The van der Waals surface area contributed by atoms with Crippen molar-refractivity contribution in [3.63, 3.8) is 0 Å². The fourth-order valence-corrected chi connectivity index (χ4v) is 4.49. The summed E-state index contributed by atoms with van der Waals surface area (Å²) in [6.45, 7) is 0.781. The van der Waals surface area contributed by atoms with Crippen LogP contribution in [0, 0.1) is 0 Å². The molecule has 3 rings (SSSR count). The van der Waals surface area contributed by atoms with Gasteiger partial charge in [0.2, 0.25) is 0 Å². The number of aliphatic hydroxyl groups is 1. The van der Waals surface area contributed by atoms with Crippen molar-refractivity contribution < 1.29 is 5.11 Å². The van der Waals surface area contributed by atoms with E-state index in [-0.39, 0.29) is 19.0 Å². The third-order valence-corrected chi connectivity index (χ3v) is 5.40. The number of rotatable bonds is 5. The predicted molar refractivity (Wildman–Crippen MR) is 86.2 cm³/mol. The van der Waals surface area contributed by atoms with Crippen LogP contribution >= 0.6 is 20.3 Å². The fourth-order valence-electron chi connectivity index (χ4n) is 2.20. The third kappa shape index (κ3) is 2.83. The number of aromatic amines is 2. The van der Waals surface area contributed by atoms with Crippen LogP contribution in [0.1, 0.15) is 0 Å². The molecule has 0 radical (unpaired) electrons. The molecule has 0 saturated carbocycles. The summed E-state index contributed by atoms with van der Waals surface area (Å²) in [6, 6.07) is 12.4. The Bertz CT molecular complexity index is 584. The molecule has 0 spiro atoms. The Hall–Kier alpha value is -1.48. The highest BCUT2D eigenvalue weighted by Gasteiger charge is 2.20. The van der Waals surface area contributed by atoms with Gasteiger partial charge in [-0.2, -0.15) is 0 Å². The van der Waals surface area contributed by atoms with Crippen LogP contribution in [0.5, 0.6) is 0 Å². The van der Waals surface area contributed by atoms with Gasteiger partial charge in [0, 0.05) is 33.1 Å². The standard InChI is InChI=1S/C14H16N3OP.ClH/c18-11-10-17-9-3-6-14(17)19(12-4-1-7-15-12)13-5-2-8-16-13;/h1-9,15-16,18H,10-11H2;1H. The van der Waals surface area contributed by atoms with Crippen LogP contribution in [0.3, 0.4) is 0 Å². The molecule has 0 aliphatic heterocycles. The van der Waals surface area contributed by atoms with Gasteiger partial charge in [0.05, 0.1) is 22.9 Å². The molecule has 3 heterocycles. The van der Waals surface area contributed by atoms with E-state index < -0.39 is 7.92 Å². The van der Waals surface area contributed by atoms with E-state index in [1.807, 2.05) is 36.8 Å². The van der Waals surface area contributed by atoms with Crippen LogP contribution < -0.4 is 16.3 Å². The molecule has 106 valence electrons. The Morgan fingerprint density at radius 3 is 2.15 bits per heavy atom. The molecule has 20 heavy (non-hydrogen) atoms. The first kappa shape index (κ1) is 14.9. The summed E-state index contributed by atoms with van der Waals surface area (Å²) in [4.78, 5) is 6.63. The number of nitrogens with one attached hydrogen (secondary N) is 2. The first-order valence-electron chi connectivity index (χ1n) is 6.23. The van der Waals surface area contributed by atoms with Crippen LogP contribution in [0.25, 0.3) is 0 Å². The van der Waals surface area contributed by atoms with Gasteiger partial charge in [0.1, 0.15) is 0 Å². The Morgan fingerprint density at radius 1 is 1.00 bits per heavy atom. The van der Waals surface area contributed by atoms with Crippen molar-refractivity contribution in [2.45, 2.75) is 6.54 Å². The molecular weight excluding hydrogens is 293 g/mol. The maximum atomic E-state index is 9.18. The van der Waals surface area contributed by atoms with Crippen molar-refractivity contribution in [3.8, 4) is 0 Å². The highest BCUT2D eigenvalue weighted by molar-refractivity contribution is 7.79. The van der Waals surface area contributed by atoms with E-state index >= 15 is 0 Å². The van der Waals surface area contributed by atoms with Crippen LogP contribution in [0.15, 0.2) is 55.0 Å². The number of aromatic nitrogens is 3. The molecule has 0 bridgehead atoms. The van der Waals surface area contributed by atoms with Gasteiger partial charge in [-0.05, 0) is 36.4 Å². The van der Waals surface area contributed by atoms with Crippen molar-refractivity contribution in [1.82, 2.24) is 14.5 Å². The topological polar surface area (TPSA) is 56.7 Å². The third-order valence-electron chi connectivity index (χ3n) is 3.02. The van der Waals surface area contributed by atoms with Gasteiger partial charge in [0.15, 0.2) is 0 Å². The van der Waals surface area contributed by atoms with E-state index in [1.165, 1.54) is 16.3 Å². The SMILES string of the molecule is Cl.OCCn1cccc1P(c1ccc[nH]1)c1ccc[nH]1. The summed E-state index contributed by atoms with van der Waals surface area (Å²) in [5.74, 6) is 0. The lowest BCUT2D eigenvalue weighted by atomic mass is 10.7. The number of aliphatic hydroxyl groups excluding tert-OH is 1. The summed E-state index contributed by atoms with van der Waals surface area (Å²) < 4.78 is 2.12. The second-order valence-corrected chi connectivity index (χ2v) is 6.32. The van der Waals surface area contributed by atoms with E-state index in [9.17, 15) is 5.11 Å². The molecular formula is C14H17ClN3OP. The zero-order valence-electron chi connectivity index (χ0n) is 10.9. The monoisotopic (exact) mass is 309 g/mol. The van der Waals surface area contributed by atoms with Crippen LogP contribution in [-0.2, 0) is 6.54 Å². The normalized spacial score (nSPS) is 10.7. The molecule has 0 amide bonds. The highest BCUT2D eigenvalue weighted by Crippen LogP contribution is 2.31. The lowest BCUT2D eigenvalue weighted by molar-refractivity contribution is 0.277. The molecule has 0 aliphatic carbocycles. The van der Waals surface area contributed by atoms with Crippen molar-refractivity contribution in [2.75, 3.05) is 6.61 Å². The first-order chi connectivity index (χ1) is 9.40. The Balaban J connectivity index is 0.00000147. The summed E-state index contributed by atoms with van der Waals surface area (Å²) >= 11 is 0. The largest absolute Gasteiger partial charge is 0.395 e. The van der Waals surface area contributed by atoms with Gasteiger partial charge in [-0.3, -0.25) is 0 Å². The van der Waals surface area contributed by atoms with Gasteiger partial charge in [-0.1, -0.05) is 0 Å². The molecule has 3 aromatic heterocycles. The summed E-state index contributed by atoms with van der Waals surface area (Å²) in [7, 11) is -0.626. The van der Waals surface area contributed by atoms with Crippen LogP contribution in [0.2, 0.25) is 0 Å². The van der Waals surface area contributed by atoms with Crippen molar-refractivity contribution in [3.05, 3.63) is 55.0 Å². The predicted octanol–water partition coefficient (Wildman–Crippen LogP) is 1.32. The molecule has 0 saturated heterocycles. The van der Waals surface area contributed by atoms with E-state index in [4.69, 9.17) is 0 Å². The van der Waals surface area contributed by atoms with Gasteiger partial charge >= 0.3 is 0 Å². The Morgan fingerprint density at radius 2 is 1.65 bits per heavy atom. The molecule has 0 atom stereocenters. The highest BCUT2D eigenvalue weighted by atomic mass is 35.5. The van der Waals surface area contributed by atoms with E-state index in [0.29, 0.717) is 6.54 Å². The average molecular weight is 310 g/mol. The van der Waals surface area contributed by atoms with Gasteiger partial charge in [-0.15, -0.1) is 12.4 Å². The molecule has 6 heteroatoms. The van der Waals surface area contributed by atoms with Crippen LogP contribution in [0.4, 0.5) is 0 Å². The second-order valence-electron chi connectivity index (χ2n) is 4.23. The Labute approximate surface area is 125 Å². The van der Waals surface area contributed by atoms with Gasteiger partial charge < -0.3 is 19.6 Å². The maximum Gasteiger partial charge on any atom is 0.0610 e. The number of hydrogen-bond acceptors (Lipinski definition) is 1. The van der Waals surface area contributed by atoms with Crippen LogP contribution in [-0.4, -0.2) is 26.2 Å².